The van der Waals surface area contributed by atoms with Crippen LogP contribution in [0.3, 0.4) is 0 Å². The number of hydrogen-bond donors (Lipinski definition) is 2. The number of benzene rings is 1. The second kappa shape index (κ2) is 7.57. The molecule has 0 radical (unpaired) electrons. The standard InChI is InChI=1S/C20H22N4O3/c1-5-17(20-22-13(4)24-27-20)23-18(25)15-8-6-7-14(10-15)16-9-11(2)12(3)21-19(16)26/h6-10,17H,5H2,1-4H3,(H,21,26)(H,23,25)/t17-/m1/s1. The van der Waals surface area contributed by atoms with Crippen molar-refractivity contribution in [2.75, 3.05) is 0 Å². The van der Waals surface area contributed by atoms with E-state index >= 15 is 0 Å². The van der Waals surface area contributed by atoms with Crippen molar-refractivity contribution >= 4 is 5.91 Å². The van der Waals surface area contributed by atoms with Crippen LogP contribution in [-0.4, -0.2) is 21.0 Å². The smallest absolute Gasteiger partial charge is 0.256 e. The third kappa shape index (κ3) is 3.97. The quantitative estimate of drug-likeness (QED) is 0.722. The highest BCUT2D eigenvalue weighted by Crippen LogP contribution is 2.20. The summed E-state index contributed by atoms with van der Waals surface area (Å²) >= 11 is 0. The van der Waals surface area contributed by atoms with Gasteiger partial charge in [-0.2, -0.15) is 4.98 Å². The Morgan fingerprint density at radius 3 is 2.70 bits per heavy atom. The SMILES string of the molecule is CC[C@@H](NC(=O)c1cccc(-c2cc(C)c(C)[nH]c2=O)c1)c1nc(C)no1. The molecule has 7 heteroatoms. The molecule has 0 aliphatic rings. The molecule has 0 spiro atoms. The molecule has 0 aliphatic carbocycles. The second-order valence-electron chi connectivity index (χ2n) is 6.52. The van der Waals surface area contributed by atoms with Gasteiger partial charge < -0.3 is 14.8 Å². The van der Waals surface area contributed by atoms with Crippen LogP contribution < -0.4 is 10.9 Å². The van der Waals surface area contributed by atoms with Gasteiger partial charge in [0.15, 0.2) is 5.82 Å². The zero-order chi connectivity index (χ0) is 19.6. The number of aryl methyl sites for hydroxylation is 3. The molecular weight excluding hydrogens is 344 g/mol. The molecule has 3 rings (SSSR count). The molecule has 0 saturated heterocycles. The van der Waals surface area contributed by atoms with Gasteiger partial charge in [0.25, 0.3) is 11.5 Å². The predicted molar refractivity (Wildman–Crippen MR) is 102 cm³/mol. The number of pyridine rings is 1. The monoisotopic (exact) mass is 366 g/mol. The molecule has 0 aliphatic heterocycles. The molecular formula is C20H22N4O3. The number of amides is 1. The first-order valence-electron chi connectivity index (χ1n) is 8.81. The first kappa shape index (κ1) is 18.6. The lowest BCUT2D eigenvalue weighted by atomic mass is 10.0. The van der Waals surface area contributed by atoms with Gasteiger partial charge in [0.1, 0.15) is 6.04 Å². The molecule has 0 unspecified atom stereocenters. The van der Waals surface area contributed by atoms with E-state index in [1.807, 2.05) is 32.9 Å². The topological polar surface area (TPSA) is 101 Å². The zero-order valence-corrected chi connectivity index (χ0v) is 15.8. The van der Waals surface area contributed by atoms with E-state index in [2.05, 4.69) is 20.4 Å². The van der Waals surface area contributed by atoms with Crippen molar-refractivity contribution in [2.24, 2.45) is 0 Å². The number of rotatable bonds is 5. The third-order valence-electron chi connectivity index (χ3n) is 4.49. The Morgan fingerprint density at radius 2 is 2.04 bits per heavy atom. The summed E-state index contributed by atoms with van der Waals surface area (Å²) in [5, 5.41) is 6.67. The molecule has 3 aromatic rings. The molecule has 1 atom stereocenters. The Kier molecular flexibility index (Phi) is 5.21. The zero-order valence-electron chi connectivity index (χ0n) is 15.8. The van der Waals surface area contributed by atoms with Gasteiger partial charge in [-0.1, -0.05) is 24.2 Å². The lowest BCUT2D eigenvalue weighted by molar-refractivity contribution is 0.0927. The van der Waals surface area contributed by atoms with Crippen molar-refractivity contribution in [1.82, 2.24) is 20.4 Å². The molecule has 7 nitrogen and oxygen atoms in total. The van der Waals surface area contributed by atoms with Gasteiger partial charge in [0, 0.05) is 16.8 Å². The Bertz CT molecular complexity index is 1040. The molecule has 1 amide bonds. The van der Waals surface area contributed by atoms with Gasteiger partial charge in [-0.15, -0.1) is 0 Å². The van der Waals surface area contributed by atoms with E-state index in [-0.39, 0.29) is 17.5 Å². The lowest BCUT2D eigenvalue weighted by Gasteiger charge is -2.13. The third-order valence-corrected chi connectivity index (χ3v) is 4.49. The summed E-state index contributed by atoms with van der Waals surface area (Å²) in [5.74, 6) is 0.638. The summed E-state index contributed by atoms with van der Waals surface area (Å²) in [6.07, 6.45) is 0.615. The second-order valence-corrected chi connectivity index (χ2v) is 6.52. The number of hydrogen-bond acceptors (Lipinski definition) is 5. The fourth-order valence-corrected chi connectivity index (χ4v) is 2.80. The van der Waals surface area contributed by atoms with E-state index < -0.39 is 0 Å². The highest BCUT2D eigenvalue weighted by Gasteiger charge is 2.20. The van der Waals surface area contributed by atoms with E-state index in [0.29, 0.717) is 34.8 Å². The summed E-state index contributed by atoms with van der Waals surface area (Å²) in [7, 11) is 0. The minimum Gasteiger partial charge on any atom is -0.340 e. The van der Waals surface area contributed by atoms with Crippen molar-refractivity contribution in [2.45, 2.75) is 40.2 Å². The Morgan fingerprint density at radius 1 is 1.26 bits per heavy atom. The summed E-state index contributed by atoms with van der Waals surface area (Å²) in [5.41, 5.74) is 3.32. The number of nitrogens with zero attached hydrogens (tertiary/aromatic N) is 2. The average molecular weight is 366 g/mol. The van der Waals surface area contributed by atoms with Gasteiger partial charge in [0.2, 0.25) is 5.89 Å². The maximum Gasteiger partial charge on any atom is 0.256 e. The lowest BCUT2D eigenvalue weighted by Crippen LogP contribution is -2.28. The van der Waals surface area contributed by atoms with Gasteiger partial charge >= 0.3 is 0 Å². The number of aromatic nitrogens is 3. The summed E-state index contributed by atoms with van der Waals surface area (Å²) in [6, 6.07) is 8.46. The van der Waals surface area contributed by atoms with Crippen molar-refractivity contribution in [3.8, 4) is 11.1 Å². The maximum atomic E-state index is 12.7. The van der Waals surface area contributed by atoms with Crippen molar-refractivity contribution in [1.29, 1.82) is 0 Å². The van der Waals surface area contributed by atoms with Crippen molar-refractivity contribution in [3.05, 3.63) is 69.2 Å². The molecule has 0 fully saturated rings. The van der Waals surface area contributed by atoms with Crippen molar-refractivity contribution in [3.63, 3.8) is 0 Å². The van der Waals surface area contributed by atoms with Gasteiger partial charge in [-0.05, 0) is 56.5 Å². The van der Waals surface area contributed by atoms with Crippen LogP contribution in [-0.2, 0) is 0 Å². The fraction of sp³-hybridized carbons (Fsp3) is 0.300. The number of carbonyl (C=O) groups excluding carboxylic acids is 1. The van der Waals surface area contributed by atoms with Gasteiger partial charge in [-0.3, -0.25) is 9.59 Å². The highest BCUT2D eigenvalue weighted by atomic mass is 16.5. The van der Waals surface area contributed by atoms with E-state index in [4.69, 9.17) is 4.52 Å². The van der Waals surface area contributed by atoms with Crippen LogP contribution in [0.15, 0.2) is 39.6 Å². The van der Waals surface area contributed by atoms with E-state index in [0.717, 1.165) is 11.3 Å². The van der Waals surface area contributed by atoms with Crippen LogP contribution in [0.5, 0.6) is 0 Å². The van der Waals surface area contributed by atoms with Gasteiger partial charge in [0.05, 0.1) is 0 Å². The molecule has 0 bridgehead atoms. The van der Waals surface area contributed by atoms with E-state index in [1.165, 1.54) is 0 Å². The number of aromatic amines is 1. The van der Waals surface area contributed by atoms with Crippen LogP contribution >= 0.6 is 0 Å². The summed E-state index contributed by atoms with van der Waals surface area (Å²) in [6.45, 7) is 7.44. The summed E-state index contributed by atoms with van der Waals surface area (Å²) in [4.78, 5) is 32.0. The minimum absolute atomic E-state index is 0.177. The molecule has 27 heavy (non-hydrogen) atoms. The average Bonchev–Trinajstić information content (AvgIpc) is 3.08. The molecule has 2 N–H and O–H groups in total. The minimum atomic E-state index is -0.368. The Labute approximate surface area is 156 Å². The number of carbonyl (C=O) groups is 1. The van der Waals surface area contributed by atoms with E-state index in [9.17, 15) is 9.59 Å². The van der Waals surface area contributed by atoms with E-state index in [1.54, 1.807) is 25.1 Å². The van der Waals surface area contributed by atoms with Crippen LogP contribution in [0, 0.1) is 20.8 Å². The molecule has 0 saturated carbocycles. The van der Waals surface area contributed by atoms with Crippen LogP contribution in [0.4, 0.5) is 0 Å². The first-order chi connectivity index (χ1) is 12.9. The fourth-order valence-electron chi connectivity index (χ4n) is 2.80. The first-order valence-corrected chi connectivity index (χ1v) is 8.81. The maximum absolute atomic E-state index is 12.7. The number of H-pyrrole nitrogens is 1. The van der Waals surface area contributed by atoms with Crippen molar-refractivity contribution < 1.29 is 9.32 Å². The van der Waals surface area contributed by atoms with Crippen LogP contribution in [0.1, 0.15) is 52.7 Å². The molecule has 1 aromatic carbocycles. The molecule has 2 aromatic heterocycles. The highest BCUT2D eigenvalue weighted by molar-refractivity contribution is 5.95. The normalized spacial score (nSPS) is 12.0. The molecule has 2 heterocycles. The largest absolute Gasteiger partial charge is 0.340 e. The molecule has 140 valence electrons. The van der Waals surface area contributed by atoms with Gasteiger partial charge in [-0.25, -0.2) is 0 Å². The van der Waals surface area contributed by atoms with Crippen LogP contribution in [0.25, 0.3) is 11.1 Å². The van der Waals surface area contributed by atoms with Crippen LogP contribution in [0.2, 0.25) is 0 Å². The Balaban J connectivity index is 1.88. The Hall–Kier alpha value is -3.22. The number of nitrogens with one attached hydrogen (secondary N) is 2. The summed E-state index contributed by atoms with van der Waals surface area (Å²) < 4.78 is 5.17. The predicted octanol–water partition coefficient (Wildman–Crippen LogP) is 3.23.